The molecule has 2 rings (SSSR count). The van der Waals surface area contributed by atoms with Crippen molar-refractivity contribution in [2.24, 2.45) is 5.92 Å². The van der Waals surface area contributed by atoms with Gasteiger partial charge in [0.05, 0.1) is 0 Å². The first-order valence-corrected chi connectivity index (χ1v) is 9.46. The van der Waals surface area contributed by atoms with E-state index in [1.54, 1.807) is 0 Å². The molecule has 1 aromatic rings. The van der Waals surface area contributed by atoms with Crippen molar-refractivity contribution in [3.8, 4) is 0 Å². The maximum Gasteiger partial charge on any atom is 0.410 e. The van der Waals surface area contributed by atoms with E-state index in [-0.39, 0.29) is 6.09 Å². The number of piperidine rings is 1. The molecule has 0 aliphatic carbocycles. The lowest BCUT2D eigenvalue weighted by Crippen LogP contribution is -2.48. The smallest absolute Gasteiger partial charge is 0.410 e. The van der Waals surface area contributed by atoms with Gasteiger partial charge in [0, 0.05) is 25.2 Å². The highest BCUT2D eigenvalue weighted by atomic mass is 16.6. The largest absolute Gasteiger partial charge is 0.444 e. The number of hydrogen-bond acceptors (Lipinski definition) is 3. The summed E-state index contributed by atoms with van der Waals surface area (Å²) in [5.74, 6) is 0.453. The lowest BCUT2D eigenvalue weighted by molar-refractivity contribution is 0.0146. The molecule has 3 atom stereocenters. The number of hydrogen-bond donors (Lipinski definition) is 1. The van der Waals surface area contributed by atoms with Gasteiger partial charge in [-0.15, -0.1) is 0 Å². The lowest BCUT2D eigenvalue weighted by Gasteiger charge is -2.37. The highest BCUT2D eigenvalue weighted by Crippen LogP contribution is 2.24. The quantitative estimate of drug-likeness (QED) is 0.860. The van der Waals surface area contributed by atoms with Gasteiger partial charge in [0.25, 0.3) is 0 Å². The van der Waals surface area contributed by atoms with Crippen LogP contribution in [-0.2, 0) is 4.74 Å². The maximum atomic E-state index is 12.3. The Balaban J connectivity index is 1.91. The zero-order valence-corrected chi connectivity index (χ0v) is 16.6. The van der Waals surface area contributed by atoms with Crippen LogP contribution < -0.4 is 5.32 Å². The second-order valence-corrected chi connectivity index (χ2v) is 8.42. The van der Waals surface area contributed by atoms with E-state index >= 15 is 0 Å². The van der Waals surface area contributed by atoms with Crippen LogP contribution in [0.25, 0.3) is 0 Å². The molecule has 1 fully saturated rings. The first-order chi connectivity index (χ1) is 11.7. The SMILES string of the molecule is Cc1ccc([C@@H](C)NC(C)C2CCCN(C(=O)OC(C)(C)C)C2)cc1. The van der Waals surface area contributed by atoms with Gasteiger partial charge in [-0.25, -0.2) is 4.79 Å². The molecule has 1 N–H and O–H groups in total. The number of likely N-dealkylation sites (tertiary alicyclic amines) is 1. The van der Waals surface area contributed by atoms with Crippen LogP contribution in [0.3, 0.4) is 0 Å². The van der Waals surface area contributed by atoms with Crippen LogP contribution in [0.2, 0.25) is 0 Å². The molecule has 0 saturated carbocycles. The van der Waals surface area contributed by atoms with Gasteiger partial charge in [-0.2, -0.15) is 0 Å². The topological polar surface area (TPSA) is 41.6 Å². The van der Waals surface area contributed by atoms with E-state index in [1.165, 1.54) is 11.1 Å². The Hall–Kier alpha value is -1.55. The molecule has 0 aromatic heterocycles. The molecule has 1 aliphatic heterocycles. The van der Waals surface area contributed by atoms with E-state index < -0.39 is 5.60 Å². The minimum atomic E-state index is -0.437. The van der Waals surface area contributed by atoms with Gasteiger partial charge in [0.2, 0.25) is 0 Å². The Morgan fingerprint density at radius 3 is 2.48 bits per heavy atom. The van der Waals surface area contributed by atoms with Crippen molar-refractivity contribution in [3.63, 3.8) is 0 Å². The van der Waals surface area contributed by atoms with Gasteiger partial charge in [-0.1, -0.05) is 29.8 Å². The third-order valence-electron chi connectivity index (χ3n) is 4.91. The number of nitrogens with one attached hydrogen (secondary N) is 1. The van der Waals surface area contributed by atoms with Crippen molar-refractivity contribution in [1.82, 2.24) is 10.2 Å². The zero-order chi connectivity index (χ0) is 18.6. The Morgan fingerprint density at radius 2 is 1.88 bits per heavy atom. The Kier molecular flexibility index (Phi) is 6.50. The number of nitrogens with zero attached hydrogens (tertiary/aromatic N) is 1. The zero-order valence-electron chi connectivity index (χ0n) is 16.6. The second-order valence-electron chi connectivity index (χ2n) is 8.42. The number of benzene rings is 1. The Labute approximate surface area is 152 Å². The number of amides is 1. The van der Waals surface area contributed by atoms with Gasteiger partial charge in [0.1, 0.15) is 5.60 Å². The predicted molar refractivity (Wildman–Crippen MR) is 103 cm³/mol. The molecule has 1 aliphatic rings. The summed E-state index contributed by atoms with van der Waals surface area (Å²) in [6.45, 7) is 13.9. The van der Waals surface area contributed by atoms with Crippen LogP contribution >= 0.6 is 0 Å². The monoisotopic (exact) mass is 346 g/mol. The van der Waals surface area contributed by atoms with Crippen LogP contribution in [0, 0.1) is 12.8 Å². The van der Waals surface area contributed by atoms with Gasteiger partial charge >= 0.3 is 6.09 Å². The number of carbonyl (C=O) groups is 1. The fourth-order valence-electron chi connectivity index (χ4n) is 3.39. The van der Waals surface area contributed by atoms with E-state index in [9.17, 15) is 4.79 Å². The molecular formula is C21H34N2O2. The third kappa shape index (κ3) is 6.03. The molecule has 25 heavy (non-hydrogen) atoms. The molecule has 1 heterocycles. The predicted octanol–water partition coefficient (Wildman–Crippen LogP) is 4.68. The number of rotatable bonds is 4. The van der Waals surface area contributed by atoms with E-state index in [0.29, 0.717) is 18.0 Å². The first kappa shape index (κ1) is 19.8. The molecular weight excluding hydrogens is 312 g/mol. The van der Waals surface area contributed by atoms with Crippen LogP contribution in [0.5, 0.6) is 0 Å². The van der Waals surface area contributed by atoms with E-state index in [4.69, 9.17) is 4.74 Å². The number of aryl methyl sites for hydroxylation is 1. The Bertz CT molecular complexity index is 562. The van der Waals surface area contributed by atoms with Crippen LogP contribution in [0.15, 0.2) is 24.3 Å². The van der Waals surface area contributed by atoms with Crippen molar-refractivity contribution in [3.05, 3.63) is 35.4 Å². The normalized spacial score (nSPS) is 20.9. The standard InChI is InChI=1S/C21H34N2O2/c1-15-9-11-18(12-10-15)16(2)22-17(3)19-8-7-13-23(14-19)20(24)25-21(4,5)6/h9-12,16-17,19,22H,7-8,13-14H2,1-6H3/t16-,17?,19?/m1/s1. The molecule has 140 valence electrons. The summed E-state index contributed by atoms with van der Waals surface area (Å²) in [7, 11) is 0. The van der Waals surface area contributed by atoms with Crippen molar-refractivity contribution in [2.45, 2.75) is 72.1 Å². The molecule has 1 saturated heterocycles. The minimum absolute atomic E-state index is 0.184. The summed E-state index contributed by atoms with van der Waals surface area (Å²) in [6, 6.07) is 9.33. The van der Waals surface area contributed by atoms with Gasteiger partial charge in [0.15, 0.2) is 0 Å². The summed E-state index contributed by atoms with van der Waals surface area (Å²) >= 11 is 0. The third-order valence-corrected chi connectivity index (χ3v) is 4.91. The van der Waals surface area contributed by atoms with E-state index in [1.807, 2.05) is 25.7 Å². The Morgan fingerprint density at radius 1 is 1.24 bits per heavy atom. The van der Waals surface area contributed by atoms with Crippen LogP contribution in [0.1, 0.15) is 64.6 Å². The molecule has 4 heteroatoms. The second kappa shape index (κ2) is 8.22. The molecule has 1 amide bonds. The minimum Gasteiger partial charge on any atom is -0.444 e. The van der Waals surface area contributed by atoms with Gasteiger partial charge in [-0.05, 0) is 65.9 Å². The summed E-state index contributed by atoms with van der Waals surface area (Å²) in [5.41, 5.74) is 2.15. The van der Waals surface area contributed by atoms with Gasteiger partial charge < -0.3 is 15.0 Å². The molecule has 1 aromatic carbocycles. The molecule has 4 nitrogen and oxygen atoms in total. The first-order valence-electron chi connectivity index (χ1n) is 9.46. The molecule has 0 radical (unpaired) electrons. The maximum absolute atomic E-state index is 12.3. The van der Waals surface area contributed by atoms with Crippen LogP contribution in [0.4, 0.5) is 4.79 Å². The average Bonchev–Trinajstić information content (AvgIpc) is 2.54. The summed E-state index contributed by atoms with van der Waals surface area (Å²) in [5, 5.41) is 3.71. The van der Waals surface area contributed by atoms with Gasteiger partial charge in [-0.3, -0.25) is 0 Å². The van der Waals surface area contributed by atoms with E-state index in [0.717, 1.165) is 25.9 Å². The molecule has 2 unspecified atom stereocenters. The van der Waals surface area contributed by atoms with Crippen molar-refractivity contribution in [2.75, 3.05) is 13.1 Å². The van der Waals surface area contributed by atoms with E-state index in [2.05, 4.69) is 50.4 Å². The van der Waals surface area contributed by atoms with Crippen LogP contribution in [-0.4, -0.2) is 35.7 Å². The van der Waals surface area contributed by atoms with Crippen molar-refractivity contribution < 1.29 is 9.53 Å². The fraction of sp³-hybridized carbons (Fsp3) is 0.667. The molecule has 0 bridgehead atoms. The summed E-state index contributed by atoms with van der Waals surface area (Å²) in [4.78, 5) is 14.2. The number of carbonyl (C=O) groups excluding carboxylic acids is 1. The lowest BCUT2D eigenvalue weighted by atomic mass is 9.91. The van der Waals surface area contributed by atoms with Crippen molar-refractivity contribution >= 4 is 6.09 Å². The highest BCUT2D eigenvalue weighted by Gasteiger charge is 2.30. The number of ether oxygens (including phenoxy) is 1. The summed E-state index contributed by atoms with van der Waals surface area (Å²) in [6.07, 6.45) is 2.00. The highest BCUT2D eigenvalue weighted by molar-refractivity contribution is 5.68. The van der Waals surface area contributed by atoms with Crippen molar-refractivity contribution in [1.29, 1.82) is 0 Å². The molecule has 0 spiro atoms. The fourth-order valence-corrected chi connectivity index (χ4v) is 3.39. The summed E-state index contributed by atoms with van der Waals surface area (Å²) < 4.78 is 5.53. The average molecular weight is 347 g/mol.